The zero-order chi connectivity index (χ0) is 20.8. The van der Waals surface area contributed by atoms with Crippen LogP contribution in [0.3, 0.4) is 0 Å². The predicted octanol–water partition coefficient (Wildman–Crippen LogP) is 1.46. The molecule has 0 fully saturated rings. The summed E-state index contributed by atoms with van der Waals surface area (Å²) in [6.45, 7) is 3.33. The molecule has 1 atom stereocenters. The van der Waals surface area contributed by atoms with E-state index in [1.165, 1.54) is 11.6 Å². The number of Topliss-reactive ketones (excluding diaryl/α,β-unsaturated/α-hetero) is 1. The van der Waals surface area contributed by atoms with Crippen LogP contribution in [0.1, 0.15) is 48.5 Å². The first-order valence-corrected chi connectivity index (χ1v) is 9.17. The Hall–Kier alpha value is -3.16. The summed E-state index contributed by atoms with van der Waals surface area (Å²) in [4.78, 5) is 49.5. The van der Waals surface area contributed by atoms with E-state index in [0.29, 0.717) is 12.8 Å². The number of ether oxygens (including phenoxy) is 1. The molecule has 0 spiro atoms. The Bertz CT molecular complexity index is 976. The monoisotopic (exact) mass is 387 g/mol. The number of nitrogens with two attached hydrogens (primary N) is 1. The lowest BCUT2D eigenvalue weighted by molar-refractivity contribution is -0.144. The Labute approximate surface area is 162 Å². The zero-order valence-electron chi connectivity index (χ0n) is 16.3. The van der Waals surface area contributed by atoms with Gasteiger partial charge in [0.15, 0.2) is 6.61 Å². The fraction of sp³-hybridized carbons (Fsp3) is 0.400. The van der Waals surface area contributed by atoms with Crippen molar-refractivity contribution < 1.29 is 14.3 Å². The zero-order valence-corrected chi connectivity index (χ0v) is 16.3. The maximum absolute atomic E-state index is 12.6. The maximum atomic E-state index is 12.6. The molecule has 2 N–H and O–H groups in total. The highest BCUT2D eigenvalue weighted by molar-refractivity contribution is 6.01. The van der Waals surface area contributed by atoms with Gasteiger partial charge >= 0.3 is 11.7 Å². The largest absolute Gasteiger partial charge is 0.457 e. The minimum absolute atomic E-state index is 0.203. The van der Waals surface area contributed by atoms with Crippen molar-refractivity contribution in [3.05, 3.63) is 62.3 Å². The van der Waals surface area contributed by atoms with Gasteiger partial charge in [0, 0.05) is 13.6 Å². The number of benzene rings is 1. The second-order valence-electron chi connectivity index (χ2n) is 6.46. The van der Waals surface area contributed by atoms with E-state index in [4.69, 9.17) is 10.5 Å². The van der Waals surface area contributed by atoms with Gasteiger partial charge in [-0.25, -0.2) is 4.79 Å². The second-order valence-corrected chi connectivity index (χ2v) is 6.46. The molecule has 8 nitrogen and oxygen atoms in total. The van der Waals surface area contributed by atoms with Crippen molar-refractivity contribution in [1.82, 2.24) is 9.13 Å². The first kappa shape index (κ1) is 21.1. The van der Waals surface area contributed by atoms with Crippen LogP contribution in [-0.2, 0) is 23.1 Å². The van der Waals surface area contributed by atoms with Crippen LogP contribution < -0.4 is 17.0 Å². The summed E-state index contributed by atoms with van der Waals surface area (Å²) in [5.74, 6) is -2.01. The third-order valence-corrected chi connectivity index (χ3v) is 4.55. The molecule has 1 aromatic carbocycles. The Balaban J connectivity index is 2.25. The van der Waals surface area contributed by atoms with Crippen molar-refractivity contribution in [2.45, 2.75) is 39.2 Å². The molecule has 2 rings (SSSR count). The van der Waals surface area contributed by atoms with E-state index in [1.807, 2.05) is 44.2 Å². The molecule has 0 aliphatic carbocycles. The molecule has 8 heteroatoms. The topological polar surface area (TPSA) is 113 Å². The molecule has 0 saturated carbocycles. The van der Waals surface area contributed by atoms with Crippen molar-refractivity contribution in [3.63, 3.8) is 0 Å². The maximum Gasteiger partial charge on any atom is 0.332 e. The average Bonchev–Trinajstić information content (AvgIpc) is 2.69. The molecule has 0 unspecified atom stereocenters. The minimum Gasteiger partial charge on any atom is -0.457 e. The highest BCUT2D eigenvalue weighted by atomic mass is 16.5. The second kappa shape index (κ2) is 9.16. The van der Waals surface area contributed by atoms with Gasteiger partial charge in [0.2, 0.25) is 5.78 Å². The number of rotatable bonds is 8. The fourth-order valence-corrected chi connectivity index (χ4v) is 3.02. The minimum atomic E-state index is -0.800. The number of carbonyl (C=O) groups is 2. The number of nitrogens with zero attached hydrogens (tertiary/aromatic N) is 2. The van der Waals surface area contributed by atoms with Crippen molar-refractivity contribution in [3.8, 4) is 0 Å². The molecule has 150 valence electrons. The highest BCUT2D eigenvalue weighted by Crippen LogP contribution is 2.21. The number of carbonyl (C=O) groups excluding carboxylic acids is 2. The lowest BCUT2D eigenvalue weighted by Gasteiger charge is -2.16. The van der Waals surface area contributed by atoms with Crippen LogP contribution in [0.25, 0.3) is 0 Å². The molecular formula is C20H25N3O5. The molecule has 2 aromatic rings. The van der Waals surface area contributed by atoms with Crippen LogP contribution >= 0.6 is 0 Å². The molecule has 28 heavy (non-hydrogen) atoms. The summed E-state index contributed by atoms with van der Waals surface area (Å²) in [7, 11) is 1.28. The van der Waals surface area contributed by atoms with Gasteiger partial charge in [-0.3, -0.25) is 23.5 Å². The van der Waals surface area contributed by atoms with E-state index in [2.05, 4.69) is 0 Å². The van der Waals surface area contributed by atoms with Gasteiger partial charge in [-0.15, -0.1) is 0 Å². The van der Waals surface area contributed by atoms with Crippen LogP contribution in [0.4, 0.5) is 5.82 Å². The number of anilines is 1. The summed E-state index contributed by atoms with van der Waals surface area (Å²) in [5, 5.41) is 0. The Kier molecular flexibility index (Phi) is 6.92. The standard InChI is InChI=1S/C20H25N3O5/c1-4-11-23-17(21)16(18(25)22(3)20(23)27)15(24)12-28-19(26)14(5-2)13-9-7-6-8-10-13/h6-10,14H,4-5,11-12,21H2,1-3H3/t14-/m0/s1. The molecule has 0 aliphatic heterocycles. The van der Waals surface area contributed by atoms with Gasteiger partial charge in [0.25, 0.3) is 5.56 Å². The third-order valence-electron chi connectivity index (χ3n) is 4.55. The van der Waals surface area contributed by atoms with Gasteiger partial charge < -0.3 is 10.5 Å². The van der Waals surface area contributed by atoms with Crippen LogP contribution in [0.15, 0.2) is 39.9 Å². The van der Waals surface area contributed by atoms with E-state index in [-0.39, 0.29) is 17.9 Å². The molecule has 0 aliphatic rings. The van der Waals surface area contributed by atoms with Crippen molar-refractivity contribution >= 4 is 17.6 Å². The van der Waals surface area contributed by atoms with Crippen LogP contribution in [0, 0.1) is 0 Å². The molecular weight excluding hydrogens is 362 g/mol. The first-order valence-electron chi connectivity index (χ1n) is 9.17. The summed E-state index contributed by atoms with van der Waals surface area (Å²) >= 11 is 0. The summed E-state index contributed by atoms with van der Waals surface area (Å²) in [6, 6.07) is 9.10. The van der Waals surface area contributed by atoms with E-state index in [9.17, 15) is 19.2 Å². The predicted molar refractivity (Wildman–Crippen MR) is 105 cm³/mol. The summed E-state index contributed by atoms with van der Waals surface area (Å²) < 4.78 is 7.18. The molecule has 0 bridgehead atoms. The van der Waals surface area contributed by atoms with Crippen LogP contribution in [-0.4, -0.2) is 27.5 Å². The van der Waals surface area contributed by atoms with Crippen molar-refractivity contribution in [2.24, 2.45) is 7.05 Å². The number of nitrogen functional groups attached to an aromatic ring is 1. The smallest absolute Gasteiger partial charge is 0.332 e. The molecule has 1 heterocycles. The van der Waals surface area contributed by atoms with E-state index < -0.39 is 35.5 Å². The van der Waals surface area contributed by atoms with Gasteiger partial charge in [0.05, 0.1) is 5.92 Å². The lowest BCUT2D eigenvalue weighted by atomic mass is 9.97. The number of ketones is 1. The molecule has 0 radical (unpaired) electrons. The van der Waals surface area contributed by atoms with E-state index in [1.54, 1.807) is 0 Å². The van der Waals surface area contributed by atoms with Crippen molar-refractivity contribution in [2.75, 3.05) is 12.3 Å². The Morgan fingerprint density at radius 1 is 1.14 bits per heavy atom. The van der Waals surface area contributed by atoms with Crippen LogP contribution in [0.2, 0.25) is 0 Å². The molecule has 0 amide bonds. The number of hydrogen-bond donors (Lipinski definition) is 1. The van der Waals surface area contributed by atoms with E-state index in [0.717, 1.165) is 10.1 Å². The van der Waals surface area contributed by atoms with Gasteiger partial charge in [-0.05, 0) is 18.4 Å². The molecule has 1 aromatic heterocycles. The van der Waals surface area contributed by atoms with Gasteiger partial charge in [-0.2, -0.15) is 0 Å². The SMILES string of the molecule is CCCn1c(N)c(C(=O)COC(=O)[C@@H](CC)c2ccccc2)c(=O)n(C)c1=O. The summed E-state index contributed by atoms with van der Waals surface area (Å²) in [5.41, 5.74) is 4.97. The van der Waals surface area contributed by atoms with Crippen LogP contribution in [0.5, 0.6) is 0 Å². The normalized spacial score (nSPS) is 11.8. The average molecular weight is 387 g/mol. The van der Waals surface area contributed by atoms with Crippen molar-refractivity contribution in [1.29, 1.82) is 0 Å². The Morgan fingerprint density at radius 3 is 2.36 bits per heavy atom. The highest BCUT2D eigenvalue weighted by Gasteiger charge is 2.25. The fourth-order valence-electron chi connectivity index (χ4n) is 3.02. The molecule has 0 saturated heterocycles. The quantitative estimate of drug-likeness (QED) is 0.542. The number of aromatic nitrogens is 2. The van der Waals surface area contributed by atoms with Gasteiger partial charge in [0.1, 0.15) is 11.4 Å². The number of esters is 1. The third kappa shape index (κ3) is 4.21. The van der Waals surface area contributed by atoms with Gasteiger partial charge in [-0.1, -0.05) is 44.2 Å². The lowest BCUT2D eigenvalue weighted by Crippen LogP contribution is -2.43. The van der Waals surface area contributed by atoms with E-state index >= 15 is 0 Å². The first-order chi connectivity index (χ1) is 13.3. The Morgan fingerprint density at radius 2 is 1.79 bits per heavy atom. The summed E-state index contributed by atoms with van der Waals surface area (Å²) in [6.07, 6.45) is 1.10. The number of hydrogen-bond acceptors (Lipinski definition) is 6.